The minimum absolute atomic E-state index is 0.307. The Morgan fingerprint density at radius 3 is 2.39 bits per heavy atom. The molecule has 0 saturated carbocycles. The normalized spacial score (nSPS) is 13.0. The molecule has 8 heteroatoms. The Hall–Kier alpha value is -2.38. The lowest BCUT2D eigenvalue weighted by atomic mass is 10.1. The predicted octanol–water partition coefficient (Wildman–Crippen LogP) is 3.26. The molecular weight excluding hydrogens is 314 g/mol. The first kappa shape index (κ1) is 17.0. The topological polar surface area (TPSA) is 38.1 Å². The molecule has 0 aliphatic rings. The second-order valence-electron chi connectivity index (χ2n) is 5.13. The van der Waals surface area contributed by atoms with Gasteiger partial charge >= 0.3 is 6.18 Å². The van der Waals surface area contributed by atoms with Crippen molar-refractivity contribution in [2.24, 2.45) is 0 Å². The zero-order valence-corrected chi connectivity index (χ0v) is 12.5. The molecular formula is C15H15F4N3O. The van der Waals surface area contributed by atoms with Gasteiger partial charge in [-0.3, -0.25) is 9.48 Å². The molecule has 23 heavy (non-hydrogen) atoms. The Balaban J connectivity index is 2.05. The van der Waals surface area contributed by atoms with E-state index in [4.69, 9.17) is 0 Å². The summed E-state index contributed by atoms with van der Waals surface area (Å²) >= 11 is 0. The molecule has 2 aromatic rings. The Labute approximate surface area is 130 Å². The molecule has 1 atom stereocenters. The highest BCUT2D eigenvalue weighted by atomic mass is 19.4. The molecule has 0 fully saturated rings. The standard InChI is InChI=1S/C15H15F4N3O/c1-10(11-3-5-12(16)6-4-11)21(2)14(23)9-22-8-7-13(20-22)15(17,18)19/h3-8,10H,9H2,1-2H3. The van der Waals surface area contributed by atoms with E-state index in [0.29, 0.717) is 0 Å². The fraction of sp³-hybridized carbons (Fsp3) is 0.333. The SMILES string of the molecule is CC(c1ccc(F)cc1)N(C)C(=O)Cn1ccc(C(F)(F)F)n1. The van der Waals surface area contributed by atoms with E-state index >= 15 is 0 Å². The maximum atomic E-state index is 12.9. The molecule has 1 heterocycles. The highest BCUT2D eigenvalue weighted by Gasteiger charge is 2.33. The molecule has 1 unspecified atom stereocenters. The van der Waals surface area contributed by atoms with Crippen molar-refractivity contribution in [3.63, 3.8) is 0 Å². The number of hydrogen-bond donors (Lipinski definition) is 0. The van der Waals surface area contributed by atoms with Gasteiger partial charge in [-0.2, -0.15) is 18.3 Å². The van der Waals surface area contributed by atoms with Gasteiger partial charge in [0, 0.05) is 13.2 Å². The van der Waals surface area contributed by atoms with E-state index in [1.54, 1.807) is 19.1 Å². The van der Waals surface area contributed by atoms with Crippen molar-refractivity contribution in [1.82, 2.24) is 14.7 Å². The molecule has 0 N–H and O–H groups in total. The largest absolute Gasteiger partial charge is 0.435 e. The number of nitrogens with zero attached hydrogens (tertiary/aromatic N) is 3. The minimum atomic E-state index is -4.54. The Morgan fingerprint density at radius 2 is 1.87 bits per heavy atom. The van der Waals surface area contributed by atoms with Crippen LogP contribution in [0.4, 0.5) is 17.6 Å². The number of halogens is 4. The van der Waals surface area contributed by atoms with Crippen LogP contribution in [-0.2, 0) is 17.5 Å². The van der Waals surface area contributed by atoms with Crippen LogP contribution in [0.5, 0.6) is 0 Å². The van der Waals surface area contributed by atoms with Crippen LogP contribution in [-0.4, -0.2) is 27.6 Å². The van der Waals surface area contributed by atoms with Gasteiger partial charge < -0.3 is 4.90 Å². The minimum Gasteiger partial charge on any atom is -0.337 e. The molecule has 0 aliphatic heterocycles. The van der Waals surface area contributed by atoms with Gasteiger partial charge in [0.2, 0.25) is 5.91 Å². The van der Waals surface area contributed by atoms with E-state index in [-0.39, 0.29) is 18.4 Å². The van der Waals surface area contributed by atoms with Gasteiger partial charge in [-0.25, -0.2) is 4.39 Å². The van der Waals surface area contributed by atoms with Crippen LogP contribution in [0.15, 0.2) is 36.5 Å². The van der Waals surface area contributed by atoms with Crippen molar-refractivity contribution in [1.29, 1.82) is 0 Å². The fourth-order valence-corrected chi connectivity index (χ4v) is 2.03. The van der Waals surface area contributed by atoms with Crippen LogP contribution in [0.2, 0.25) is 0 Å². The van der Waals surface area contributed by atoms with Crippen LogP contribution >= 0.6 is 0 Å². The summed E-state index contributed by atoms with van der Waals surface area (Å²) in [5, 5.41) is 3.34. The number of hydrogen-bond acceptors (Lipinski definition) is 2. The predicted molar refractivity (Wildman–Crippen MR) is 74.8 cm³/mol. The Kier molecular flexibility index (Phi) is 4.72. The van der Waals surface area contributed by atoms with E-state index in [1.165, 1.54) is 24.1 Å². The molecule has 0 bridgehead atoms. The highest BCUT2D eigenvalue weighted by molar-refractivity contribution is 5.76. The number of rotatable bonds is 4. The first-order chi connectivity index (χ1) is 10.7. The molecule has 124 valence electrons. The number of alkyl halides is 3. The summed E-state index contributed by atoms with van der Waals surface area (Å²) in [6.07, 6.45) is -3.43. The maximum Gasteiger partial charge on any atom is 0.435 e. The van der Waals surface area contributed by atoms with E-state index in [0.717, 1.165) is 22.5 Å². The quantitative estimate of drug-likeness (QED) is 0.808. The smallest absolute Gasteiger partial charge is 0.337 e. The summed E-state index contributed by atoms with van der Waals surface area (Å²) in [5.41, 5.74) is -0.321. The molecule has 0 radical (unpaired) electrons. The van der Waals surface area contributed by atoms with Gasteiger partial charge in [-0.15, -0.1) is 0 Å². The Bertz CT molecular complexity index is 679. The zero-order valence-electron chi connectivity index (χ0n) is 12.5. The fourth-order valence-electron chi connectivity index (χ4n) is 2.03. The van der Waals surface area contributed by atoms with Gasteiger partial charge in [-0.1, -0.05) is 12.1 Å². The van der Waals surface area contributed by atoms with Gasteiger partial charge in [-0.05, 0) is 30.7 Å². The van der Waals surface area contributed by atoms with Crippen molar-refractivity contribution < 1.29 is 22.4 Å². The van der Waals surface area contributed by atoms with Crippen molar-refractivity contribution in [2.75, 3.05) is 7.05 Å². The van der Waals surface area contributed by atoms with Crippen LogP contribution < -0.4 is 0 Å². The summed E-state index contributed by atoms with van der Waals surface area (Å²) in [6.45, 7) is 1.44. The summed E-state index contributed by atoms with van der Waals surface area (Å²) in [7, 11) is 1.53. The van der Waals surface area contributed by atoms with Crippen molar-refractivity contribution in [2.45, 2.75) is 25.7 Å². The number of amides is 1. The lowest BCUT2D eigenvalue weighted by molar-refractivity contribution is -0.142. The molecule has 1 aromatic heterocycles. The summed E-state index contributed by atoms with van der Waals surface area (Å²) < 4.78 is 51.3. The molecule has 0 aliphatic carbocycles. The van der Waals surface area contributed by atoms with Crippen LogP contribution in [0.25, 0.3) is 0 Å². The van der Waals surface area contributed by atoms with Gasteiger partial charge in [0.1, 0.15) is 12.4 Å². The lowest BCUT2D eigenvalue weighted by Gasteiger charge is -2.25. The molecule has 0 spiro atoms. The third-order valence-corrected chi connectivity index (χ3v) is 3.56. The first-order valence-electron chi connectivity index (χ1n) is 6.80. The summed E-state index contributed by atoms with van der Waals surface area (Å²) in [5.74, 6) is -0.787. The molecule has 1 amide bonds. The van der Waals surface area contributed by atoms with Crippen LogP contribution in [0, 0.1) is 5.82 Å². The monoisotopic (exact) mass is 329 g/mol. The zero-order chi connectivity index (χ0) is 17.2. The third kappa shape index (κ3) is 4.08. The molecule has 4 nitrogen and oxygen atoms in total. The molecule has 2 rings (SSSR count). The van der Waals surface area contributed by atoms with Crippen molar-refractivity contribution >= 4 is 5.91 Å². The number of carbonyl (C=O) groups is 1. The van der Waals surface area contributed by atoms with Crippen molar-refractivity contribution in [3.8, 4) is 0 Å². The van der Waals surface area contributed by atoms with Gasteiger partial charge in [0.15, 0.2) is 5.69 Å². The average molecular weight is 329 g/mol. The molecule has 0 saturated heterocycles. The average Bonchev–Trinajstić information content (AvgIpc) is 2.95. The third-order valence-electron chi connectivity index (χ3n) is 3.56. The van der Waals surface area contributed by atoms with Crippen LogP contribution in [0.3, 0.4) is 0 Å². The molecule has 1 aromatic carbocycles. The second-order valence-corrected chi connectivity index (χ2v) is 5.13. The van der Waals surface area contributed by atoms with Gasteiger partial charge in [0.25, 0.3) is 0 Å². The van der Waals surface area contributed by atoms with E-state index in [1.807, 2.05) is 0 Å². The highest BCUT2D eigenvalue weighted by Crippen LogP contribution is 2.27. The summed E-state index contributed by atoms with van der Waals surface area (Å²) in [4.78, 5) is 13.5. The number of likely N-dealkylation sites (N-methyl/N-ethyl adjacent to an activating group) is 1. The van der Waals surface area contributed by atoms with Gasteiger partial charge in [0.05, 0.1) is 6.04 Å². The van der Waals surface area contributed by atoms with E-state index in [2.05, 4.69) is 5.10 Å². The van der Waals surface area contributed by atoms with E-state index in [9.17, 15) is 22.4 Å². The van der Waals surface area contributed by atoms with Crippen molar-refractivity contribution in [3.05, 3.63) is 53.6 Å². The van der Waals surface area contributed by atoms with Crippen LogP contribution in [0.1, 0.15) is 24.2 Å². The lowest BCUT2D eigenvalue weighted by Crippen LogP contribution is -2.32. The number of benzene rings is 1. The number of carbonyl (C=O) groups excluding carboxylic acids is 1. The first-order valence-corrected chi connectivity index (χ1v) is 6.80. The second kappa shape index (κ2) is 6.39. The Morgan fingerprint density at radius 1 is 1.26 bits per heavy atom. The van der Waals surface area contributed by atoms with E-state index < -0.39 is 17.8 Å². The maximum absolute atomic E-state index is 12.9. The summed E-state index contributed by atoms with van der Waals surface area (Å²) in [6, 6.07) is 6.15. The number of aromatic nitrogens is 2.